The third kappa shape index (κ3) is 2.60. The van der Waals surface area contributed by atoms with Gasteiger partial charge in [0.05, 0.1) is 0 Å². The van der Waals surface area contributed by atoms with Gasteiger partial charge in [0.2, 0.25) is 0 Å². The van der Waals surface area contributed by atoms with Crippen molar-refractivity contribution in [3.63, 3.8) is 0 Å². The average molecular weight is 252 g/mol. The van der Waals surface area contributed by atoms with E-state index in [0.29, 0.717) is 11.0 Å². The molecule has 2 N–H and O–H groups in total. The molecule has 2 fully saturated rings. The summed E-state index contributed by atoms with van der Waals surface area (Å²) in [5, 5.41) is 0. The van der Waals surface area contributed by atoms with Crippen LogP contribution in [0.5, 0.6) is 0 Å². The fraction of sp³-hybridized carbons (Fsp3) is 1.00. The molecular formula is C16H32N2. The second-order valence-electron chi connectivity index (χ2n) is 7.75. The lowest BCUT2D eigenvalue weighted by Crippen LogP contribution is -2.62. The second-order valence-corrected chi connectivity index (χ2v) is 7.75. The number of piperidine rings is 1. The second kappa shape index (κ2) is 5.13. The standard InChI is InChI=1S/C16H32N2/c1-13-5-6-14(2)16(11-13,12-17)18-9-7-15(3,4)8-10-18/h13-14H,5-12,17H2,1-4H3. The van der Waals surface area contributed by atoms with Crippen molar-refractivity contribution in [3.8, 4) is 0 Å². The summed E-state index contributed by atoms with van der Waals surface area (Å²) in [7, 11) is 0. The van der Waals surface area contributed by atoms with Crippen molar-refractivity contribution in [2.75, 3.05) is 19.6 Å². The molecule has 1 aliphatic carbocycles. The van der Waals surface area contributed by atoms with Gasteiger partial charge in [-0.25, -0.2) is 0 Å². The zero-order valence-electron chi connectivity index (χ0n) is 12.8. The molecule has 0 aromatic heterocycles. The maximum absolute atomic E-state index is 6.25. The Labute approximate surface area is 113 Å². The molecule has 1 saturated heterocycles. The first kappa shape index (κ1) is 14.3. The van der Waals surface area contributed by atoms with Crippen LogP contribution in [0.1, 0.15) is 59.8 Å². The van der Waals surface area contributed by atoms with Crippen LogP contribution >= 0.6 is 0 Å². The summed E-state index contributed by atoms with van der Waals surface area (Å²) in [5.74, 6) is 1.61. The number of hydrogen-bond acceptors (Lipinski definition) is 2. The highest BCUT2D eigenvalue weighted by Gasteiger charge is 2.45. The summed E-state index contributed by atoms with van der Waals surface area (Å²) < 4.78 is 0. The SMILES string of the molecule is CC1CCC(C)C(CN)(N2CCC(C)(C)CC2)C1. The van der Waals surface area contributed by atoms with Crippen molar-refractivity contribution in [2.24, 2.45) is 23.0 Å². The van der Waals surface area contributed by atoms with Crippen molar-refractivity contribution >= 4 is 0 Å². The Morgan fingerprint density at radius 3 is 2.28 bits per heavy atom. The molecule has 106 valence electrons. The molecule has 0 radical (unpaired) electrons. The Morgan fingerprint density at radius 1 is 1.11 bits per heavy atom. The number of rotatable bonds is 2. The highest BCUT2D eigenvalue weighted by Crippen LogP contribution is 2.43. The van der Waals surface area contributed by atoms with E-state index >= 15 is 0 Å². The normalized spacial score (nSPS) is 41.8. The predicted octanol–water partition coefficient (Wildman–Crippen LogP) is 3.26. The van der Waals surface area contributed by atoms with E-state index in [1.165, 1.54) is 45.2 Å². The van der Waals surface area contributed by atoms with Gasteiger partial charge in [-0.15, -0.1) is 0 Å². The Bertz CT molecular complexity index is 277. The minimum Gasteiger partial charge on any atom is -0.329 e. The molecule has 3 unspecified atom stereocenters. The van der Waals surface area contributed by atoms with Gasteiger partial charge in [0.15, 0.2) is 0 Å². The third-order valence-corrected chi connectivity index (χ3v) is 5.81. The average Bonchev–Trinajstić information content (AvgIpc) is 2.32. The van der Waals surface area contributed by atoms with Crippen molar-refractivity contribution in [3.05, 3.63) is 0 Å². The van der Waals surface area contributed by atoms with Crippen LogP contribution in [0.3, 0.4) is 0 Å². The quantitative estimate of drug-likeness (QED) is 0.817. The highest BCUT2D eigenvalue weighted by atomic mass is 15.2. The van der Waals surface area contributed by atoms with Crippen LogP contribution in [-0.4, -0.2) is 30.1 Å². The van der Waals surface area contributed by atoms with Gasteiger partial charge in [-0.2, -0.15) is 0 Å². The van der Waals surface area contributed by atoms with Crippen LogP contribution in [0.2, 0.25) is 0 Å². The summed E-state index contributed by atoms with van der Waals surface area (Å²) in [6, 6.07) is 0. The van der Waals surface area contributed by atoms with Crippen molar-refractivity contribution in [1.29, 1.82) is 0 Å². The molecule has 2 heteroatoms. The lowest BCUT2D eigenvalue weighted by molar-refractivity contribution is -0.0350. The fourth-order valence-electron chi connectivity index (χ4n) is 4.12. The fourth-order valence-corrected chi connectivity index (χ4v) is 4.12. The summed E-state index contributed by atoms with van der Waals surface area (Å²) in [6.45, 7) is 13.0. The van der Waals surface area contributed by atoms with Crippen molar-refractivity contribution in [2.45, 2.75) is 65.3 Å². The van der Waals surface area contributed by atoms with E-state index in [2.05, 4.69) is 32.6 Å². The van der Waals surface area contributed by atoms with Crippen LogP contribution in [-0.2, 0) is 0 Å². The number of likely N-dealkylation sites (tertiary alicyclic amines) is 1. The van der Waals surface area contributed by atoms with E-state index in [9.17, 15) is 0 Å². The minimum atomic E-state index is 0.300. The zero-order chi connectivity index (χ0) is 13.4. The van der Waals surface area contributed by atoms with Crippen LogP contribution in [0, 0.1) is 17.3 Å². The molecule has 2 nitrogen and oxygen atoms in total. The van der Waals surface area contributed by atoms with E-state index in [1.807, 2.05) is 0 Å². The molecule has 1 aliphatic heterocycles. The van der Waals surface area contributed by atoms with Crippen LogP contribution in [0.25, 0.3) is 0 Å². The van der Waals surface area contributed by atoms with E-state index in [0.717, 1.165) is 18.4 Å². The molecule has 0 amide bonds. The molecule has 0 bridgehead atoms. The summed E-state index contributed by atoms with van der Waals surface area (Å²) in [6.07, 6.45) is 6.72. The van der Waals surface area contributed by atoms with Gasteiger partial charge in [0.1, 0.15) is 0 Å². The van der Waals surface area contributed by atoms with E-state index in [4.69, 9.17) is 5.73 Å². The van der Waals surface area contributed by atoms with E-state index in [1.54, 1.807) is 0 Å². The third-order valence-electron chi connectivity index (χ3n) is 5.81. The van der Waals surface area contributed by atoms with Crippen LogP contribution in [0.4, 0.5) is 0 Å². The van der Waals surface area contributed by atoms with Gasteiger partial charge < -0.3 is 5.73 Å². The first-order valence-electron chi connectivity index (χ1n) is 7.85. The first-order chi connectivity index (χ1) is 8.39. The molecule has 0 aromatic rings. The Morgan fingerprint density at radius 2 is 1.72 bits per heavy atom. The van der Waals surface area contributed by atoms with Crippen LogP contribution in [0.15, 0.2) is 0 Å². The van der Waals surface area contributed by atoms with Gasteiger partial charge in [-0.3, -0.25) is 4.90 Å². The van der Waals surface area contributed by atoms with E-state index in [-0.39, 0.29) is 0 Å². The Hall–Kier alpha value is -0.0800. The largest absolute Gasteiger partial charge is 0.329 e. The Balaban J connectivity index is 2.12. The number of hydrogen-bond donors (Lipinski definition) is 1. The van der Waals surface area contributed by atoms with Crippen molar-refractivity contribution in [1.82, 2.24) is 4.90 Å². The molecule has 3 atom stereocenters. The molecule has 1 saturated carbocycles. The van der Waals surface area contributed by atoms with Gasteiger partial charge in [-0.1, -0.05) is 34.1 Å². The molecule has 18 heavy (non-hydrogen) atoms. The Kier molecular flexibility index (Phi) is 4.08. The van der Waals surface area contributed by atoms with Gasteiger partial charge in [0.25, 0.3) is 0 Å². The lowest BCUT2D eigenvalue weighted by atomic mass is 9.67. The summed E-state index contributed by atoms with van der Waals surface area (Å²) in [4.78, 5) is 2.75. The monoisotopic (exact) mass is 252 g/mol. The molecule has 0 aromatic carbocycles. The van der Waals surface area contributed by atoms with Gasteiger partial charge in [0, 0.05) is 12.1 Å². The van der Waals surface area contributed by atoms with Crippen LogP contribution < -0.4 is 5.73 Å². The zero-order valence-corrected chi connectivity index (χ0v) is 12.8. The smallest absolute Gasteiger partial charge is 0.0359 e. The number of nitrogens with two attached hydrogens (primary N) is 1. The van der Waals surface area contributed by atoms with Crippen molar-refractivity contribution < 1.29 is 0 Å². The minimum absolute atomic E-state index is 0.300. The first-order valence-corrected chi connectivity index (χ1v) is 7.85. The molecule has 0 spiro atoms. The molecule has 1 heterocycles. The van der Waals surface area contributed by atoms with E-state index < -0.39 is 0 Å². The van der Waals surface area contributed by atoms with Gasteiger partial charge in [-0.05, 0) is 56.0 Å². The predicted molar refractivity (Wildman–Crippen MR) is 78.6 cm³/mol. The molecule has 2 aliphatic rings. The lowest BCUT2D eigenvalue weighted by Gasteiger charge is -2.54. The maximum atomic E-state index is 6.25. The van der Waals surface area contributed by atoms with Gasteiger partial charge >= 0.3 is 0 Å². The summed E-state index contributed by atoms with van der Waals surface area (Å²) >= 11 is 0. The number of nitrogens with zero attached hydrogens (tertiary/aromatic N) is 1. The highest BCUT2D eigenvalue weighted by molar-refractivity contribution is 5.01. The summed E-state index contributed by atoms with van der Waals surface area (Å²) in [5.41, 5.74) is 7.08. The molecular weight excluding hydrogens is 220 g/mol. The molecule has 2 rings (SSSR count). The topological polar surface area (TPSA) is 29.3 Å². The maximum Gasteiger partial charge on any atom is 0.0359 e.